The van der Waals surface area contributed by atoms with Crippen molar-refractivity contribution in [3.8, 4) is 17.2 Å². The maximum Gasteiger partial charge on any atom is 0.262 e. The van der Waals surface area contributed by atoms with E-state index in [1.54, 1.807) is 18.2 Å². The normalized spacial score (nSPS) is 14.4. The maximum absolute atomic E-state index is 12.9. The average Bonchev–Trinajstić information content (AvgIpc) is 2.85. The number of nitrogens with one attached hydrogen (secondary N) is 1. The smallest absolute Gasteiger partial charge is 0.262 e. The van der Waals surface area contributed by atoms with Gasteiger partial charge in [-0.05, 0) is 35.2 Å². The zero-order valence-corrected chi connectivity index (χ0v) is 16.9. The number of methoxy groups -OCH3 is 1. The van der Waals surface area contributed by atoms with Gasteiger partial charge in [0, 0.05) is 12.5 Å². The number of benzene rings is 2. The van der Waals surface area contributed by atoms with Gasteiger partial charge in [0.2, 0.25) is 0 Å². The van der Waals surface area contributed by atoms with Gasteiger partial charge in [-0.25, -0.2) is 8.42 Å². The van der Waals surface area contributed by atoms with Crippen LogP contribution in [0.4, 0.5) is 5.69 Å². The summed E-state index contributed by atoms with van der Waals surface area (Å²) in [4.78, 5) is 0.106. The molecule has 27 heavy (non-hydrogen) atoms. The van der Waals surface area contributed by atoms with Crippen LogP contribution in [0.25, 0.3) is 0 Å². The zero-order valence-electron chi connectivity index (χ0n) is 16.0. The van der Waals surface area contributed by atoms with Crippen LogP contribution in [0.5, 0.6) is 17.2 Å². The summed E-state index contributed by atoms with van der Waals surface area (Å²) in [6.07, 6.45) is 0.756. The lowest BCUT2D eigenvalue weighted by atomic mass is 9.87. The number of sulfonamides is 1. The van der Waals surface area contributed by atoms with Gasteiger partial charge in [-0.1, -0.05) is 26.8 Å². The summed E-state index contributed by atoms with van der Waals surface area (Å²) in [6, 6.07) is 10.1. The third kappa shape index (κ3) is 4.30. The molecule has 0 saturated carbocycles. The lowest BCUT2D eigenvalue weighted by Crippen LogP contribution is -2.16. The highest BCUT2D eigenvalue weighted by molar-refractivity contribution is 7.92. The fourth-order valence-electron chi connectivity index (χ4n) is 2.77. The summed E-state index contributed by atoms with van der Waals surface area (Å²) in [5, 5.41) is 0. The van der Waals surface area contributed by atoms with E-state index in [9.17, 15) is 8.42 Å². The Labute approximate surface area is 160 Å². The first-order valence-corrected chi connectivity index (χ1v) is 10.3. The summed E-state index contributed by atoms with van der Waals surface area (Å²) in [5.41, 5.74) is 1.28. The van der Waals surface area contributed by atoms with Gasteiger partial charge in [0.1, 0.15) is 5.75 Å². The quantitative estimate of drug-likeness (QED) is 0.854. The SMILES string of the molecule is COc1ccc(C(C)(C)C)cc1NS(=O)(=O)c1ccc2c(c1)OCCCO2. The molecule has 0 aromatic heterocycles. The molecule has 2 aromatic rings. The lowest BCUT2D eigenvalue weighted by molar-refractivity contribution is 0.297. The van der Waals surface area contributed by atoms with Gasteiger partial charge in [-0.3, -0.25) is 4.72 Å². The Morgan fingerprint density at radius 3 is 2.37 bits per heavy atom. The molecule has 0 fully saturated rings. The van der Waals surface area contributed by atoms with Gasteiger partial charge in [0.05, 0.1) is 30.9 Å². The Bertz CT molecular complexity index is 932. The van der Waals surface area contributed by atoms with Crippen LogP contribution in [0.1, 0.15) is 32.8 Å². The fraction of sp³-hybridized carbons (Fsp3) is 0.400. The van der Waals surface area contributed by atoms with E-state index in [-0.39, 0.29) is 10.3 Å². The number of rotatable bonds is 4. The standard InChI is InChI=1S/C20H25NO5S/c1-20(2,3)14-6-8-17(24-4)16(12-14)21-27(22,23)15-7-9-18-19(13-15)26-11-5-10-25-18/h6-9,12-13,21H,5,10-11H2,1-4H3. The lowest BCUT2D eigenvalue weighted by Gasteiger charge is -2.21. The first-order chi connectivity index (χ1) is 12.7. The third-order valence-electron chi connectivity index (χ3n) is 4.34. The Balaban J connectivity index is 1.96. The molecule has 2 aromatic carbocycles. The molecule has 1 aliphatic rings. The second kappa shape index (κ2) is 7.31. The predicted octanol–water partition coefficient (Wildman–Crippen LogP) is 3.95. The van der Waals surface area contributed by atoms with Crippen molar-refractivity contribution in [2.75, 3.05) is 25.0 Å². The van der Waals surface area contributed by atoms with Gasteiger partial charge in [-0.2, -0.15) is 0 Å². The molecule has 146 valence electrons. The number of anilines is 1. The fourth-order valence-corrected chi connectivity index (χ4v) is 3.84. The predicted molar refractivity (Wildman–Crippen MR) is 105 cm³/mol. The Morgan fingerprint density at radius 1 is 1.00 bits per heavy atom. The molecule has 0 atom stereocenters. The monoisotopic (exact) mass is 391 g/mol. The van der Waals surface area contributed by atoms with Crippen molar-refractivity contribution in [2.24, 2.45) is 0 Å². The second-order valence-corrected chi connectivity index (χ2v) is 9.11. The Kier molecular flexibility index (Phi) is 5.24. The number of hydrogen-bond acceptors (Lipinski definition) is 5. The van der Waals surface area contributed by atoms with Crippen LogP contribution in [0.3, 0.4) is 0 Å². The largest absolute Gasteiger partial charge is 0.495 e. The van der Waals surface area contributed by atoms with E-state index in [1.165, 1.54) is 19.2 Å². The topological polar surface area (TPSA) is 73.9 Å². The molecule has 0 amide bonds. The van der Waals surface area contributed by atoms with E-state index in [4.69, 9.17) is 14.2 Å². The van der Waals surface area contributed by atoms with Gasteiger partial charge in [0.15, 0.2) is 11.5 Å². The van der Waals surface area contributed by atoms with E-state index >= 15 is 0 Å². The van der Waals surface area contributed by atoms with Crippen LogP contribution in [-0.4, -0.2) is 28.7 Å². The molecule has 1 aliphatic heterocycles. The summed E-state index contributed by atoms with van der Waals surface area (Å²) < 4.78 is 45.0. The van der Waals surface area contributed by atoms with E-state index < -0.39 is 10.0 Å². The minimum absolute atomic E-state index is 0.106. The van der Waals surface area contributed by atoms with Gasteiger partial charge in [0.25, 0.3) is 10.0 Å². The van der Waals surface area contributed by atoms with Crippen LogP contribution in [0.15, 0.2) is 41.3 Å². The van der Waals surface area contributed by atoms with E-state index in [2.05, 4.69) is 25.5 Å². The maximum atomic E-state index is 12.9. The van der Waals surface area contributed by atoms with Crippen LogP contribution >= 0.6 is 0 Å². The van der Waals surface area contributed by atoms with Crippen LogP contribution < -0.4 is 18.9 Å². The van der Waals surface area contributed by atoms with Crippen molar-refractivity contribution in [3.05, 3.63) is 42.0 Å². The first-order valence-electron chi connectivity index (χ1n) is 8.82. The minimum Gasteiger partial charge on any atom is -0.495 e. The molecule has 3 rings (SSSR count). The molecule has 0 bridgehead atoms. The van der Waals surface area contributed by atoms with Crippen molar-refractivity contribution in [3.63, 3.8) is 0 Å². The second-order valence-electron chi connectivity index (χ2n) is 7.43. The number of ether oxygens (including phenoxy) is 3. The van der Waals surface area contributed by atoms with Crippen molar-refractivity contribution in [1.29, 1.82) is 0 Å². The van der Waals surface area contributed by atoms with Crippen molar-refractivity contribution >= 4 is 15.7 Å². The molecule has 0 saturated heterocycles. The first kappa shape index (κ1) is 19.4. The number of hydrogen-bond donors (Lipinski definition) is 1. The molecule has 7 heteroatoms. The highest BCUT2D eigenvalue weighted by atomic mass is 32.2. The van der Waals surface area contributed by atoms with Crippen LogP contribution in [0, 0.1) is 0 Å². The van der Waals surface area contributed by atoms with Gasteiger partial charge >= 0.3 is 0 Å². The molecule has 0 spiro atoms. The van der Waals surface area contributed by atoms with Crippen molar-refractivity contribution in [1.82, 2.24) is 0 Å². The summed E-state index contributed by atoms with van der Waals surface area (Å²) in [5.74, 6) is 1.45. The van der Waals surface area contributed by atoms with Crippen LogP contribution in [0.2, 0.25) is 0 Å². The zero-order chi connectivity index (χ0) is 19.7. The average molecular weight is 391 g/mol. The van der Waals surface area contributed by atoms with E-state index in [0.717, 1.165) is 12.0 Å². The Hall–Kier alpha value is -2.41. The third-order valence-corrected chi connectivity index (χ3v) is 5.70. The van der Waals surface area contributed by atoms with Crippen LogP contribution in [-0.2, 0) is 15.4 Å². The van der Waals surface area contributed by atoms with Gasteiger partial charge in [-0.15, -0.1) is 0 Å². The summed E-state index contributed by atoms with van der Waals surface area (Å²) in [7, 11) is -2.31. The molecule has 6 nitrogen and oxygen atoms in total. The van der Waals surface area contributed by atoms with E-state index in [1.807, 2.05) is 6.07 Å². The molecule has 0 unspecified atom stereocenters. The highest BCUT2D eigenvalue weighted by Crippen LogP contribution is 2.35. The van der Waals surface area contributed by atoms with Crippen molar-refractivity contribution < 1.29 is 22.6 Å². The molecule has 0 aliphatic carbocycles. The van der Waals surface area contributed by atoms with Gasteiger partial charge < -0.3 is 14.2 Å². The summed E-state index contributed by atoms with van der Waals surface area (Å²) >= 11 is 0. The highest BCUT2D eigenvalue weighted by Gasteiger charge is 2.22. The minimum atomic E-state index is -3.82. The number of fused-ring (bicyclic) bond motifs is 1. The van der Waals surface area contributed by atoms with E-state index in [0.29, 0.717) is 36.1 Å². The molecule has 1 heterocycles. The summed E-state index contributed by atoms with van der Waals surface area (Å²) in [6.45, 7) is 7.24. The Morgan fingerprint density at radius 2 is 1.70 bits per heavy atom. The van der Waals surface area contributed by atoms with Crippen molar-refractivity contribution in [2.45, 2.75) is 37.5 Å². The molecular weight excluding hydrogens is 366 g/mol. The molecular formula is C20H25NO5S. The molecule has 0 radical (unpaired) electrons. The molecule has 1 N–H and O–H groups in total.